The molecule has 25 heavy (non-hydrogen) atoms. The SMILES string of the molecule is CC(=O)C(=O)[C@@](O)(C(C)=O)[C@](O)(C(C)=O)[C@](O)(C(C)=O)[C@@](O)(Br)CO. The summed E-state index contributed by atoms with van der Waals surface area (Å²) >= 11 is 2.34. The number of ketones is 5. The molecule has 0 aliphatic carbocycles. The molecule has 0 aliphatic rings. The Kier molecular flexibility index (Phi) is 6.71. The first-order valence-electron chi connectivity index (χ1n) is 6.77. The van der Waals surface area contributed by atoms with E-state index in [2.05, 4.69) is 15.9 Å². The summed E-state index contributed by atoms with van der Waals surface area (Å²) in [6.07, 6.45) is 0. The highest BCUT2D eigenvalue weighted by molar-refractivity contribution is 9.10. The van der Waals surface area contributed by atoms with E-state index in [4.69, 9.17) is 0 Å². The highest BCUT2D eigenvalue weighted by Gasteiger charge is 2.78. The van der Waals surface area contributed by atoms with Gasteiger partial charge in [-0.1, -0.05) is 0 Å². The third kappa shape index (κ3) is 3.00. The van der Waals surface area contributed by atoms with Gasteiger partial charge in [0.2, 0.25) is 22.6 Å². The second kappa shape index (κ2) is 7.09. The molecule has 0 radical (unpaired) electrons. The van der Waals surface area contributed by atoms with Crippen molar-refractivity contribution in [1.29, 1.82) is 0 Å². The largest absolute Gasteiger partial charge is 0.392 e. The van der Waals surface area contributed by atoms with Gasteiger partial charge in [-0.25, -0.2) is 0 Å². The first kappa shape index (κ1) is 23.6. The minimum atomic E-state index is -4.01. The van der Waals surface area contributed by atoms with Crippen LogP contribution in [0.4, 0.5) is 0 Å². The van der Waals surface area contributed by atoms with Crippen LogP contribution in [0.3, 0.4) is 0 Å². The number of Topliss-reactive ketones (excluding diaryl/α,β-unsaturated/α-hetero) is 5. The van der Waals surface area contributed by atoms with Crippen LogP contribution in [0.15, 0.2) is 0 Å². The molecule has 0 saturated carbocycles. The molecular formula is C14H19BrO10. The van der Waals surface area contributed by atoms with E-state index in [-0.39, 0.29) is 0 Å². The molecule has 0 aromatic rings. The van der Waals surface area contributed by atoms with Crippen molar-refractivity contribution < 1.29 is 49.5 Å². The zero-order valence-electron chi connectivity index (χ0n) is 13.9. The molecule has 10 nitrogen and oxygen atoms in total. The second-order valence-corrected chi connectivity index (χ2v) is 6.91. The van der Waals surface area contributed by atoms with Crippen LogP contribution in [0, 0.1) is 0 Å². The lowest BCUT2D eigenvalue weighted by Gasteiger charge is -2.51. The first-order chi connectivity index (χ1) is 11.0. The van der Waals surface area contributed by atoms with E-state index in [9.17, 15) is 49.5 Å². The van der Waals surface area contributed by atoms with Gasteiger partial charge in [-0.2, -0.15) is 0 Å². The van der Waals surface area contributed by atoms with E-state index in [1.165, 1.54) is 0 Å². The number of hydrogen-bond donors (Lipinski definition) is 5. The van der Waals surface area contributed by atoms with Crippen LogP contribution in [0.5, 0.6) is 0 Å². The predicted octanol–water partition coefficient (Wildman–Crippen LogP) is -2.82. The Balaban J connectivity index is 7.33. The quantitative estimate of drug-likeness (QED) is 0.146. The number of aliphatic hydroxyl groups is 5. The normalized spacial score (nSPS) is 21.0. The van der Waals surface area contributed by atoms with E-state index < -0.39 is 56.8 Å². The standard InChI is InChI=1S/C14H19BrO10/c1-6(17)10(21)12(23,7(2)18)14(25,9(4)20)13(24,8(3)19)11(15,22)5-16/h16,22-25H,5H2,1-4H3/t11-,12+,13+,14-/m1/s1. The maximum Gasteiger partial charge on any atom is 0.240 e. The Morgan fingerprint density at radius 3 is 1.32 bits per heavy atom. The van der Waals surface area contributed by atoms with Gasteiger partial charge in [0.15, 0.2) is 27.6 Å². The number of aliphatic hydroxyl groups excluding tert-OH is 1. The minimum absolute atomic E-state index is 0.496. The summed E-state index contributed by atoms with van der Waals surface area (Å²) in [6.45, 7) is 0.669. The van der Waals surface area contributed by atoms with Gasteiger partial charge in [0.05, 0.1) is 6.61 Å². The van der Waals surface area contributed by atoms with E-state index in [1.807, 2.05) is 0 Å². The Bertz CT molecular complexity index is 642. The number of hydrogen-bond acceptors (Lipinski definition) is 10. The number of carbonyl (C=O) groups is 5. The van der Waals surface area contributed by atoms with Crippen molar-refractivity contribution >= 4 is 44.8 Å². The van der Waals surface area contributed by atoms with Gasteiger partial charge in [-0.05, 0) is 36.7 Å². The smallest absolute Gasteiger partial charge is 0.240 e. The summed E-state index contributed by atoms with van der Waals surface area (Å²) in [5, 5.41) is 51.4. The van der Waals surface area contributed by atoms with Gasteiger partial charge in [-0.3, -0.25) is 24.0 Å². The van der Waals surface area contributed by atoms with Crippen molar-refractivity contribution in [2.75, 3.05) is 6.61 Å². The topological polar surface area (TPSA) is 186 Å². The fourth-order valence-electron chi connectivity index (χ4n) is 2.52. The lowest BCUT2D eigenvalue weighted by Crippen LogP contribution is -2.83. The monoisotopic (exact) mass is 426 g/mol. The van der Waals surface area contributed by atoms with Gasteiger partial charge in [0.1, 0.15) is 0 Å². The molecule has 0 fully saturated rings. The molecule has 0 amide bonds. The Morgan fingerprint density at radius 1 is 0.760 bits per heavy atom. The second-order valence-electron chi connectivity index (χ2n) is 5.60. The fraction of sp³-hybridized carbons (Fsp3) is 0.643. The van der Waals surface area contributed by atoms with E-state index in [1.54, 1.807) is 0 Å². The summed E-state index contributed by atoms with van der Waals surface area (Å²) in [6, 6.07) is 0. The van der Waals surface area contributed by atoms with Crippen molar-refractivity contribution in [3.05, 3.63) is 0 Å². The van der Waals surface area contributed by atoms with Crippen molar-refractivity contribution in [2.45, 2.75) is 49.0 Å². The molecule has 11 heteroatoms. The van der Waals surface area contributed by atoms with Gasteiger partial charge in [0.25, 0.3) is 0 Å². The van der Waals surface area contributed by atoms with Crippen LogP contribution >= 0.6 is 15.9 Å². The summed E-state index contributed by atoms with van der Waals surface area (Å²) in [4.78, 5) is 59.6. The van der Waals surface area contributed by atoms with Gasteiger partial charge >= 0.3 is 0 Å². The number of rotatable bonds is 9. The number of alkyl halides is 1. The van der Waals surface area contributed by atoms with Crippen LogP contribution in [0.2, 0.25) is 0 Å². The molecule has 0 rings (SSSR count). The molecule has 0 aromatic carbocycles. The van der Waals surface area contributed by atoms with Gasteiger partial charge in [0, 0.05) is 6.92 Å². The first-order valence-corrected chi connectivity index (χ1v) is 7.57. The average molecular weight is 427 g/mol. The molecule has 0 spiro atoms. The summed E-state index contributed by atoms with van der Waals surface area (Å²) in [7, 11) is 0. The molecule has 0 saturated heterocycles. The van der Waals surface area contributed by atoms with E-state index in [0.717, 1.165) is 0 Å². The molecular weight excluding hydrogens is 408 g/mol. The third-order valence-electron chi connectivity index (χ3n) is 3.99. The number of carbonyl (C=O) groups excluding carboxylic acids is 5. The van der Waals surface area contributed by atoms with Crippen molar-refractivity contribution in [1.82, 2.24) is 0 Å². The maximum atomic E-state index is 12.1. The van der Waals surface area contributed by atoms with Crippen LogP contribution in [-0.4, -0.2) is 82.4 Å². The van der Waals surface area contributed by atoms with E-state index >= 15 is 0 Å². The highest BCUT2D eigenvalue weighted by Crippen LogP contribution is 2.45. The molecule has 0 heterocycles. The van der Waals surface area contributed by atoms with Gasteiger partial charge < -0.3 is 25.5 Å². The van der Waals surface area contributed by atoms with Crippen molar-refractivity contribution in [3.8, 4) is 0 Å². The average Bonchev–Trinajstić information content (AvgIpc) is 2.50. The summed E-state index contributed by atoms with van der Waals surface area (Å²) < 4.78 is -3.17. The molecule has 0 aliphatic heterocycles. The molecule has 5 N–H and O–H groups in total. The van der Waals surface area contributed by atoms with Gasteiger partial charge in [-0.15, -0.1) is 0 Å². The van der Waals surface area contributed by atoms with Crippen LogP contribution in [0.1, 0.15) is 27.7 Å². The van der Waals surface area contributed by atoms with E-state index in [0.29, 0.717) is 27.7 Å². The van der Waals surface area contributed by atoms with Crippen LogP contribution in [0.25, 0.3) is 0 Å². The highest BCUT2D eigenvalue weighted by atomic mass is 79.9. The Labute approximate surface area is 150 Å². The Hall–Kier alpha value is -1.37. The summed E-state index contributed by atoms with van der Waals surface area (Å²) in [5.74, 6) is -8.45. The predicted molar refractivity (Wildman–Crippen MR) is 83.5 cm³/mol. The lowest BCUT2D eigenvalue weighted by atomic mass is 9.61. The maximum absolute atomic E-state index is 12.1. The fourth-order valence-corrected chi connectivity index (χ4v) is 3.09. The molecule has 4 atom stereocenters. The molecule has 142 valence electrons. The van der Waals surface area contributed by atoms with Crippen molar-refractivity contribution in [2.24, 2.45) is 0 Å². The van der Waals surface area contributed by atoms with Crippen LogP contribution in [-0.2, 0) is 24.0 Å². The van der Waals surface area contributed by atoms with Crippen LogP contribution < -0.4 is 0 Å². The van der Waals surface area contributed by atoms with Crippen molar-refractivity contribution in [3.63, 3.8) is 0 Å². The minimum Gasteiger partial charge on any atom is -0.392 e. The molecule has 0 bridgehead atoms. The third-order valence-corrected chi connectivity index (χ3v) is 4.81. The Morgan fingerprint density at radius 2 is 1.12 bits per heavy atom. The number of halogens is 1. The summed E-state index contributed by atoms with van der Waals surface area (Å²) in [5.41, 5.74) is -11.7. The molecule has 0 aromatic heterocycles. The molecule has 0 unspecified atom stereocenters. The zero-order chi connectivity index (χ0) is 20.6. The zero-order valence-corrected chi connectivity index (χ0v) is 15.4. The lowest BCUT2D eigenvalue weighted by molar-refractivity contribution is -0.251.